The quantitative estimate of drug-likeness (QED) is 0.865. The summed E-state index contributed by atoms with van der Waals surface area (Å²) < 4.78 is 14.4. The second-order valence-corrected chi connectivity index (χ2v) is 6.78. The first-order valence-corrected chi connectivity index (χ1v) is 7.64. The Bertz CT molecular complexity index is 438. The van der Waals surface area contributed by atoms with E-state index in [4.69, 9.17) is 0 Å². The molecule has 0 aromatic heterocycles. The second-order valence-electron chi connectivity index (χ2n) is 5.92. The fraction of sp³-hybridized carbons (Fsp3) is 0.600. The highest BCUT2D eigenvalue weighted by atomic mass is 79.9. The van der Waals surface area contributed by atoms with Crippen molar-refractivity contribution in [3.63, 3.8) is 0 Å². The summed E-state index contributed by atoms with van der Waals surface area (Å²) in [5.41, 5.74) is 1.49. The summed E-state index contributed by atoms with van der Waals surface area (Å²) >= 11 is 3.54. The number of rotatable bonds is 5. The summed E-state index contributed by atoms with van der Waals surface area (Å²) in [7, 11) is 0. The van der Waals surface area contributed by atoms with Crippen molar-refractivity contribution in [1.82, 2.24) is 5.32 Å². The van der Waals surface area contributed by atoms with Gasteiger partial charge in [-0.2, -0.15) is 0 Å². The van der Waals surface area contributed by atoms with Gasteiger partial charge in [-0.3, -0.25) is 0 Å². The minimum absolute atomic E-state index is 0.127. The molecule has 18 heavy (non-hydrogen) atoms. The van der Waals surface area contributed by atoms with Crippen molar-refractivity contribution in [2.45, 2.75) is 44.6 Å². The van der Waals surface area contributed by atoms with E-state index >= 15 is 0 Å². The zero-order valence-corrected chi connectivity index (χ0v) is 12.1. The van der Waals surface area contributed by atoms with Gasteiger partial charge in [-0.05, 0) is 61.3 Å². The maximum Gasteiger partial charge on any atom is 0.123 e. The third-order valence-corrected chi connectivity index (χ3v) is 5.10. The molecule has 0 heterocycles. The summed E-state index contributed by atoms with van der Waals surface area (Å²) in [4.78, 5) is 0. The number of halogens is 2. The first-order valence-electron chi connectivity index (χ1n) is 6.84. The van der Waals surface area contributed by atoms with Crippen LogP contribution < -0.4 is 5.32 Å². The SMILES string of the molecule is Fc1ccc(Br)c(CC2(CNC3CC3)CCC2)c1. The Morgan fingerprint density at radius 1 is 1.33 bits per heavy atom. The van der Waals surface area contributed by atoms with Gasteiger partial charge in [-0.15, -0.1) is 0 Å². The van der Waals surface area contributed by atoms with Crippen molar-refractivity contribution in [3.05, 3.63) is 34.1 Å². The van der Waals surface area contributed by atoms with Gasteiger partial charge in [0.1, 0.15) is 5.82 Å². The van der Waals surface area contributed by atoms with E-state index in [9.17, 15) is 4.39 Å². The highest BCUT2D eigenvalue weighted by molar-refractivity contribution is 9.10. The van der Waals surface area contributed by atoms with Gasteiger partial charge in [-0.1, -0.05) is 22.4 Å². The normalized spacial score (nSPS) is 21.7. The van der Waals surface area contributed by atoms with Crippen LogP contribution in [-0.2, 0) is 6.42 Å². The van der Waals surface area contributed by atoms with Crippen molar-refractivity contribution in [1.29, 1.82) is 0 Å². The molecule has 1 aromatic rings. The third kappa shape index (κ3) is 2.77. The van der Waals surface area contributed by atoms with Gasteiger partial charge in [0.2, 0.25) is 0 Å². The first kappa shape index (κ1) is 12.6. The lowest BCUT2D eigenvalue weighted by Gasteiger charge is -2.42. The molecule has 1 aromatic carbocycles. The summed E-state index contributed by atoms with van der Waals surface area (Å²) in [6.45, 7) is 1.10. The molecule has 0 atom stereocenters. The van der Waals surface area contributed by atoms with Crippen LogP contribution in [-0.4, -0.2) is 12.6 Å². The molecular weight excluding hydrogens is 293 g/mol. The maximum absolute atomic E-state index is 13.3. The zero-order valence-electron chi connectivity index (χ0n) is 10.5. The van der Waals surface area contributed by atoms with Crippen LogP contribution in [0.2, 0.25) is 0 Å². The van der Waals surface area contributed by atoms with E-state index in [1.54, 1.807) is 6.07 Å². The number of nitrogens with one attached hydrogen (secondary N) is 1. The van der Waals surface area contributed by atoms with E-state index in [0.29, 0.717) is 5.41 Å². The Morgan fingerprint density at radius 3 is 2.72 bits per heavy atom. The van der Waals surface area contributed by atoms with Gasteiger partial charge < -0.3 is 5.32 Å². The van der Waals surface area contributed by atoms with Crippen molar-refractivity contribution >= 4 is 15.9 Å². The van der Waals surface area contributed by atoms with Gasteiger partial charge in [-0.25, -0.2) is 4.39 Å². The number of benzene rings is 1. The van der Waals surface area contributed by atoms with Crippen LogP contribution in [0.25, 0.3) is 0 Å². The molecule has 2 saturated carbocycles. The minimum Gasteiger partial charge on any atom is -0.313 e. The molecule has 98 valence electrons. The molecule has 3 rings (SSSR count). The highest BCUT2D eigenvalue weighted by Gasteiger charge is 2.38. The van der Waals surface area contributed by atoms with Gasteiger partial charge in [0.15, 0.2) is 0 Å². The van der Waals surface area contributed by atoms with E-state index in [1.165, 1.54) is 38.2 Å². The van der Waals surface area contributed by atoms with Gasteiger partial charge in [0, 0.05) is 17.1 Å². The zero-order chi connectivity index (χ0) is 12.6. The van der Waals surface area contributed by atoms with E-state index in [-0.39, 0.29) is 5.82 Å². The lowest BCUT2D eigenvalue weighted by Crippen LogP contribution is -2.42. The second kappa shape index (κ2) is 4.93. The highest BCUT2D eigenvalue weighted by Crippen LogP contribution is 2.44. The Hall–Kier alpha value is -0.410. The molecule has 2 aliphatic rings. The maximum atomic E-state index is 13.3. The predicted molar refractivity (Wildman–Crippen MR) is 75.1 cm³/mol. The third-order valence-electron chi connectivity index (χ3n) is 4.33. The molecular formula is C15H19BrFN. The smallest absolute Gasteiger partial charge is 0.123 e. The van der Waals surface area contributed by atoms with Crippen molar-refractivity contribution in [2.75, 3.05) is 6.54 Å². The summed E-state index contributed by atoms with van der Waals surface area (Å²) in [5.74, 6) is -0.127. The number of hydrogen-bond acceptors (Lipinski definition) is 1. The Labute approximate surface area is 116 Å². The van der Waals surface area contributed by atoms with Gasteiger partial charge in [0.05, 0.1) is 0 Å². The summed E-state index contributed by atoms with van der Waals surface area (Å²) in [5, 5.41) is 3.64. The summed E-state index contributed by atoms with van der Waals surface area (Å²) in [6.07, 6.45) is 7.52. The molecule has 1 N–H and O–H groups in total. The molecule has 0 unspecified atom stereocenters. The molecule has 0 bridgehead atoms. The van der Waals surface area contributed by atoms with Crippen molar-refractivity contribution in [3.8, 4) is 0 Å². The molecule has 0 aliphatic heterocycles. The van der Waals surface area contributed by atoms with E-state index in [2.05, 4.69) is 21.2 Å². The van der Waals surface area contributed by atoms with Crippen LogP contribution >= 0.6 is 15.9 Å². The van der Waals surface area contributed by atoms with Crippen LogP contribution in [0.4, 0.5) is 4.39 Å². The first-order chi connectivity index (χ1) is 8.67. The standard InChI is InChI=1S/C15H19BrFN/c16-14-5-2-12(17)8-11(14)9-15(6-1-7-15)10-18-13-3-4-13/h2,5,8,13,18H,1,3-4,6-7,9-10H2. The largest absolute Gasteiger partial charge is 0.313 e. The van der Waals surface area contributed by atoms with Crippen molar-refractivity contribution in [2.24, 2.45) is 5.41 Å². The molecule has 0 amide bonds. The Kier molecular flexibility index (Phi) is 3.46. The van der Waals surface area contributed by atoms with Crippen LogP contribution in [0.1, 0.15) is 37.7 Å². The Balaban J connectivity index is 1.69. The van der Waals surface area contributed by atoms with Crippen molar-refractivity contribution < 1.29 is 4.39 Å². The fourth-order valence-electron chi connectivity index (χ4n) is 2.82. The molecule has 1 nitrogen and oxygen atoms in total. The number of hydrogen-bond donors (Lipinski definition) is 1. The molecule has 0 spiro atoms. The molecule has 0 radical (unpaired) electrons. The average Bonchev–Trinajstić information content (AvgIpc) is 3.10. The topological polar surface area (TPSA) is 12.0 Å². The van der Waals surface area contributed by atoms with Crippen LogP contribution in [0, 0.1) is 11.2 Å². The van der Waals surface area contributed by atoms with Crippen LogP contribution in [0.3, 0.4) is 0 Å². The van der Waals surface area contributed by atoms with Gasteiger partial charge in [0.25, 0.3) is 0 Å². The monoisotopic (exact) mass is 311 g/mol. The van der Waals surface area contributed by atoms with Gasteiger partial charge >= 0.3 is 0 Å². The predicted octanol–water partition coefficient (Wildman–Crippen LogP) is 4.05. The minimum atomic E-state index is -0.127. The van der Waals surface area contributed by atoms with Crippen LogP contribution in [0.5, 0.6) is 0 Å². The molecule has 2 fully saturated rings. The Morgan fingerprint density at radius 2 is 2.11 bits per heavy atom. The van der Waals surface area contributed by atoms with Crippen LogP contribution in [0.15, 0.2) is 22.7 Å². The van der Waals surface area contributed by atoms with E-state index in [0.717, 1.165) is 29.0 Å². The molecule has 0 saturated heterocycles. The van der Waals surface area contributed by atoms with E-state index < -0.39 is 0 Å². The average molecular weight is 312 g/mol. The lowest BCUT2D eigenvalue weighted by atomic mass is 9.65. The molecule has 2 aliphatic carbocycles. The molecule has 3 heteroatoms. The fourth-order valence-corrected chi connectivity index (χ4v) is 3.21. The summed E-state index contributed by atoms with van der Waals surface area (Å²) in [6, 6.07) is 5.79. The lowest BCUT2D eigenvalue weighted by molar-refractivity contribution is 0.129. The van der Waals surface area contributed by atoms with E-state index in [1.807, 2.05) is 6.07 Å².